The van der Waals surface area contributed by atoms with Crippen LogP contribution in [0.5, 0.6) is 11.5 Å². The van der Waals surface area contributed by atoms with Crippen molar-refractivity contribution in [2.45, 2.75) is 56.4 Å². The van der Waals surface area contributed by atoms with Gasteiger partial charge in [0.2, 0.25) is 0 Å². The molecular formula is C24H24F6N2O3. The molecule has 2 aromatic rings. The zero-order chi connectivity index (χ0) is 25.7. The van der Waals surface area contributed by atoms with Crippen molar-refractivity contribution in [2.75, 3.05) is 0 Å². The Morgan fingerprint density at radius 3 is 1.83 bits per heavy atom. The molecule has 11 heteroatoms. The molecule has 0 aromatic heterocycles. The van der Waals surface area contributed by atoms with Crippen molar-refractivity contribution in [1.29, 1.82) is 0 Å². The molecular weight excluding hydrogens is 478 g/mol. The first-order valence-electron chi connectivity index (χ1n) is 10.8. The maximum absolute atomic E-state index is 13.0. The highest BCUT2D eigenvalue weighted by atomic mass is 19.4. The minimum atomic E-state index is -4.96. The molecule has 190 valence electrons. The van der Waals surface area contributed by atoms with Crippen LogP contribution in [-0.4, -0.2) is 24.8 Å². The van der Waals surface area contributed by atoms with E-state index in [1.165, 1.54) is 30.3 Å². The van der Waals surface area contributed by atoms with Gasteiger partial charge in [-0.05, 0) is 54.7 Å². The number of alkyl halides is 6. The van der Waals surface area contributed by atoms with Gasteiger partial charge in [0.25, 0.3) is 0 Å². The molecule has 0 aliphatic heterocycles. The predicted molar refractivity (Wildman–Crippen MR) is 116 cm³/mol. The van der Waals surface area contributed by atoms with Gasteiger partial charge < -0.3 is 20.1 Å². The van der Waals surface area contributed by atoms with Crippen LogP contribution < -0.4 is 20.1 Å². The number of rotatable bonds is 8. The van der Waals surface area contributed by atoms with Crippen LogP contribution in [0.4, 0.5) is 31.1 Å². The number of nitrogens with one attached hydrogen (secondary N) is 2. The Kier molecular flexibility index (Phi) is 7.86. The van der Waals surface area contributed by atoms with Gasteiger partial charge in [0.05, 0.1) is 5.54 Å². The highest BCUT2D eigenvalue weighted by Crippen LogP contribution is 2.38. The Bertz CT molecular complexity index is 973. The molecule has 2 amide bonds. The third-order valence-electron chi connectivity index (χ3n) is 5.59. The molecule has 0 atom stereocenters. The zero-order valence-electron chi connectivity index (χ0n) is 18.5. The second kappa shape index (κ2) is 10.5. The molecule has 5 nitrogen and oxygen atoms in total. The van der Waals surface area contributed by atoms with Crippen molar-refractivity contribution in [1.82, 2.24) is 10.6 Å². The fourth-order valence-corrected chi connectivity index (χ4v) is 4.22. The quantitative estimate of drug-likeness (QED) is 0.318. The molecule has 35 heavy (non-hydrogen) atoms. The van der Waals surface area contributed by atoms with E-state index < -0.39 is 35.8 Å². The molecule has 1 aliphatic rings. The fraction of sp³-hybridized carbons (Fsp3) is 0.375. The second-order valence-corrected chi connectivity index (χ2v) is 8.13. The first-order valence-corrected chi connectivity index (χ1v) is 10.8. The van der Waals surface area contributed by atoms with Crippen LogP contribution in [0.25, 0.3) is 0 Å². The van der Waals surface area contributed by atoms with Crippen LogP contribution in [0.3, 0.4) is 0 Å². The van der Waals surface area contributed by atoms with Gasteiger partial charge in [-0.2, -0.15) is 0 Å². The Morgan fingerprint density at radius 2 is 1.40 bits per heavy atom. The SMILES string of the molecule is C=CCC(NC(=O)NC1CCCC1)(c1cccc(OC(F)(F)F)c1)c1cccc(OC(F)(F)F)c1. The maximum atomic E-state index is 13.0. The smallest absolute Gasteiger partial charge is 0.406 e. The Labute approximate surface area is 198 Å². The summed E-state index contributed by atoms with van der Waals surface area (Å²) in [5.41, 5.74) is -1.30. The summed E-state index contributed by atoms with van der Waals surface area (Å²) in [7, 11) is 0. The van der Waals surface area contributed by atoms with Crippen LogP contribution in [0.1, 0.15) is 43.2 Å². The topological polar surface area (TPSA) is 59.6 Å². The van der Waals surface area contributed by atoms with Crippen molar-refractivity contribution in [3.05, 3.63) is 72.3 Å². The minimum absolute atomic E-state index is 0.0595. The van der Waals surface area contributed by atoms with E-state index in [-0.39, 0.29) is 23.6 Å². The molecule has 1 aliphatic carbocycles. The molecule has 0 saturated heterocycles. The first kappa shape index (κ1) is 26.2. The Morgan fingerprint density at radius 1 is 0.914 bits per heavy atom. The van der Waals surface area contributed by atoms with Crippen LogP contribution >= 0.6 is 0 Å². The minimum Gasteiger partial charge on any atom is -0.406 e. The molecule has 0 bridgehead atoms. The van der Waals surface area contributed by atoms with Gasteiger partial charge in [-0.25, -0.2) is 4.79 Å². The molecule has 2 N–H and O–H groups in total. The Balaban J connectivity index is 2.09. The van der Waals surface area contributed by atoms with Gasteiger partial charge in [0, 0.05) is 6.04 Å². The number of benzene rings is 2. The van der Waals surface area contributed by atoms with E-state index in [9.17, 15) is 31.1 Å². The number of amides is 2. The average molecular weight is 502 g/mol. The molecule has 2 aromatic carbocycles. The van der Waals surface area contributed by atoms with E-state index in [1.807, 2.05) is 0 Å². The van der Waals surface area contributed by atoms with Crippen molar-refractivity contribution in [2.24, 2.45) is 0 Å². The van der Waals surface area contributed by atoms with Crippen molar-refractivity contribution < 1.29 is 40.6 Å². The highest BCUT2D eigenvalue weighted by molar-refractivity contribution is 5.76. The molecule has 1 saturated carbocycles. The van der Waals surface area contributed by atoms with Crippen molar-refractivity contribution in [3.63, 3.8) is 0 Å². The van der Waals surface area contributed by atoms with Crippen LogP contribution in [0.2, 0.25) is 0 Å². The summed E-state index contributed by atoms with van der Waals surface area (Å²) >= 11 is 0. The molecule has 1 fully saturated rings. The summed E-state index contributed by atoms with van der Waals surface area (Å²) in [4.78, 5) is 13.0. The molecule has 0 heterocycles. The number of hydrogen-bond donors (Lipinski definition) is 2. The number of hydrogen-bond acceptors (Lipinski definition) is 3. The van der Waals surface area contributed by atoms with Gasteiger partial charge in [-0.3, -0.25) is 0 Å². The first-order chi connectivity index (χ1) is 16.4. The number of ether oxygens (including phenoxy) is 2. The fourth-order valence-electron chi connectivity index (χ4n) is 4.22. The van der Waals surface area contributed by atoms with Crippen LogP contribution in [0, 0.1) is 0 Å². The second-order valence-electron chi connectivity index (χ2n) is 8.13. The number of urea groups is 1. The van der Waals surface area contributed by atoms with Gasteiger partial charge in [-0.1, -0.05) is 43.2 Å². The standard InChI is InChI=1S/C24H24F6N2O3/c1-2-13-22(32-21(33)31-18-9-3-4-10-18,16-7-5-11-19(14-16)34-23(25,26)27)17-8-6-12-20(15-17)35-24(28,29)30/h2,5-8,11-12,14-15,18H,1,3-4,9-10,13H2,(H2,31,32,33). The molecule has 0 unspecified atom stereocenters. The lowest BCUT2D eigenvalue weighted by Crippen LogP contribution is -2.52. The number of carbonyl (C=O) groups excluding carboxylic acids is 1. The predicted octanol–water partition coefficient (Wildman–Crippen LogP) is 6.55. The number of carbonyl (C=O) groups is 1. The van der Waals surface area contributed by atoms with E-state index >= 15 is 0 Å². The summed E-state index contributed by atoms with van der Waals surface area (Å²) < 4.78 is 85.1. The molecule has 0 spiro atoms. The monoisotopic (exact) mass is 502 g/mol. The summed E-state index contributed by atoms with van der Waals surface area (Å²) in [6.45, 7) is 3.68. The number of halogens is 6. The summed E-state index contributed by atoms with van der Waals surface area (Å²) in [6.07, 6.45) is -5.16. The lowest BCUT2D eigenvalue weighted by molar-refractivity contribution is -0.275. The lowest BCUT2D eigenvalue weighted by atomic mass is 9.79. The lowest BCUT2D eigenvalue weighted by Gasteiger charge is -2.36. The van der Waals surface area contributed by atoms with E-state index in [0.717, 1.165) is 49.9 Å². The normalized spacial score (nSPS) is 14.9. The third kappa shape index (κ3) is 7.30. The van der Waals surface area contributed by atoms with Gasteiger partial charge in [0.1, 0.15) is 11.5 Å². The van der Waals surface area contributed by atoms with Crippen molar-refractivity contribution in [3.8, 4) is 11.5 Å². The van der Waals surface area contributed by atoms with E-state index in [0.29, 0.717) is 0 Å². The maximum Gasteiger partial charge on any atom is 0.573 e. The average Bonchev–Trinajstić information content (AvgIpc) is 3.24. The van der Waals surface area contributed by atoms with Crippen LogP contribution in [0.15, 0.2) is 61.2 Å². The summed E-state index contributed by atoms with van der Waals surface area (Å²) in [6, 6.07) is 9.07. The van der Waals surface area contributed by atoms with E-state index in [1.54, 1.807) is 0 Å². The van der Waals surface area contributed by atoms with Crippen LogP contribution in [-0.2, 0) is 5.54 Å². The van der Waals surface area contributed by atoms with Gasteiger partial charge >= 0.3 is 18.8 Å². The van der Waals surface area contributed by atoms with Gasteiger partial charge in [-0.15, -0.1) is 32.9 Å². The third-order valence-corrected chi connectivity index (χ3v) is 5.59. The van der Waals surface area contributed by atoms with Gasteiger partial charge in [0.15, 0.2) is 0 Å². The highest BCUT2D eigenvalue weighted by Gasteiger charge is 2.38. The summed E-state index contributed by atoms with van der Waals surface area (Å²) in [5.74, 6) is -1.10. The summed E-state index contributed by atoms with van der Waals surface area (Å²) in [5, 5.41) is 5.61. The molecule has 0 radical (unpaired) electrons. The largest absolute Gasteiger partial charge is 0.573 e. The molecule has 3 rings (SSSR count). The zero-order valence-corrected chi connectivity index (χ0v) is 18.5. The van der Waals surface area contributed by atoms with E-state index in [2.05, 4.69) is 26.7 Å². The van der Waals surface area contributed by atoms with Crippen molar-refractivity contribution >= 4 is 6.03 Å². The van der Waals surface area contributed by atoms with E-state index in [4.69, 9.17) is 0 Å². The Hall–Kier alpha value is -3.37.